The number of phenols is 1. The van der Waals surface area contributed by atoms with E-state index in [-0.39, 0.29) is 15.8 Å². The molecule has 0 unspecified atom stereocenters. The molecule has 2 aromatic rings. The number of amides is 1. The minimum atomic E-state index is -1.26. The summed E-state index contributed by atoms with van der Waals surface area (Å²) in [5, 5.41) is 19.1. The van der Waals surface area contributed by atoms with Gasteiger partial charge in [-0.25, -0.2) is 4.79 Å². The number of ether oxygens (including phenoxy) is 2. The van der Waals surface area contributed by atoms with Crippen LogP contribution in [0.4, 0.5) is 5.69 Å². The van der Waals surface area contributed by atoms with Crippen LogP contribution in [0, 0.1) is 0 Å². The fraction of sp³-hybridized carbons (Fsp3) is 0.346. The molecule has 1 amide bonds. The summed E-state index contributed by atoms with van der Waals surface area (Å²) in [5.74, 6) is -0.819. The molecule has 1 aliphatic heterocycles. The molecule has 0 saturated carbocycles. The van der Waals surface area contributed by atoms with Crippen LogP contribution < -0.4 is 14.4 Å². The van der Waals surface area contributed by atoms with Crippen LogP contribution in [0.2, 0.25) is 0 Å². The van der Waals surface area contributed by atoms with Crippen LogP contribution in [-0.4, -0.2) is 40.1 Å². The third kappa shape index (κ3) is 6.76. The van der Waals surface area contributed by atoms with Gasteiger partial charge in [0.25, 0.3) is 5.91 Å². The van der Waals surface area contributed by atoms with Crippen molar-refractivity contribution in [1.82, 2.24) is 0 Å². The molecule has 35 heavy (non-hydrogen) atoms. The molecule has 1 saturated heterocycles. The Labute approximate surface area is 214 Å². The summed E-state index contributed by atoms with van der Waals surface area (Å²) in [6.45, 7) is 2.82. The van der Waals surface area contributed by atoms with Crippen LogP contribution in [0.1, 0.15) is 61.4 Å². The molecule has 1 aliphatic rings. The molecule has 1 fully saturated rings. The number of carbonyl (C=O) groups is 2. The van der Waals surface area contributed by atoms with Crippen molar-refractivity contribution >= 4 is 51.9 Å². The lowest BCUT2D eigenvalue weighted by Crippen LogP contribution is -2.27. The van der Waals surface area contributed by atoms with Gasteiger partial charge >= 0.3 is 5.97 Å². The maximum atomic E-state index is 13.0. The van der Waals surface area contributed by atoms with Crippen LogP contribution in [0.5, 0.6) is 17.2 Å². The number of aromatic hydroxyl groups is 1. The summed E-state index contributed by atoms with van der Waals surface area (Å²) in [5.41, 5.74) is 0.799. The molecule has 2 aromatic carbocycles. The summed E-state index contributed by atoms with van der Waals surface area (Å²) in [6.07, 6.45) is 8.82. The Hall–Kier alpha value is -3.04. The average molecular weight is 516 g/mol. The third-order valence-electron chi connectivity index (χ3n) is 5.50. The van der Waals surface area contributed by atoms with E-state index in [0.717, 1.165) is 30.2 Å². The number of nitrogens with zero attached hydrogens (tertiary/aromatic N) is 1. The molecule has 0 bridgehead atoms. The van der Waals surface area contributed by atoms with E-state index in [1.807, 2.05) is 12.1 Å². The number of carboxylic acid groups (broad SMARTS) is 1. The lowest BCUT2D eigenvalue weighted by atomic mass is 10.1. The van der Waals surface area contributed by atoms with E-state index < -0.39 is 11.7 Å². The maximum absolute atomic E-state index is 13.0. The number of hydrogen-bond acceptors (Lipinski definition) is 7. The van der Waals surface area contributed by atoms with Crippen LogP contribution in [0.3, 0.4) is 0 Å². The quantitative estimate of drug-likeness (QED) is 0.195. The highest BCUT2D eigenvalue weighted by Gasteiger charge is 2.34. The number of aromatic carboxylic acids is 1. The minimum absolute atomic E-state index is 0.249. The zero-order valence-electron chi connectivity index (χ0n) is 19.8. The highest BCUT2D eigenvalue weighted by Crippen LogP contribution is 2.38. The highest BCUT2D eigenvalue weighted by molar-refractivity contribution is 8.27. The largest absolute Gasteiger partial charge is 0.507 e. The molecule has 7 nitrogen and oxygen atoms in total. The number of carboxylic acids is 1. The molecule has 9 heteroatoms. The van der Waals surface area contributed by atoms with Crippen LogP contribution in [0.25, 0.3) is 6.08 Å². The number of thiocarbonyl (C=S) groups is 1. The van der Waals surface area contributed by atoms with E-state index >= 15 is 0 Å². The van der Waals surface area contributed by atoms with Crippen LogP contribution >= 0.6 is 24.0 Å². The Morgan fingerprint density at radius 3 is 2.51 bits per heavy atom. The van der Waals surface area contributed by atoms with Gasteiger partial charge in [0, 0.05) is 6.07 Å². The number of unbranched alkanes of at least 4 members (excludes halogenated alkanes) is 5. The van der Waals surface area contributed by atoms with Crippen molar-refractivity contribution in [2.24, 2.45) is 0 Å². The fourth-order valence-corrected chi connectivity index (χ4v) is 4.94. The number of anilines is 1. The predicted molar refractivity (Wildman–Crippen MR) is 143 cm³/mol. The summed E-state index contributed by atoms with van der Waals surface area (Å²) in [7, 11) is 1.57. The normalized spacial score (nSPS) is 14.6. The first-order valence-electron chi connectivity index (χ1n) is 11.5. The number of benzene rings is 2. The molecule has 0 atom stereocenters. The van der Waals surface area contributed by atoms with E-state index in [0.29, 0.717) is 28.7 Å². The first-order valence-corrected chi connectivity index (χ1v) is 12.7. The first-order chi connectivity index (χ1) is 16.8. The second kappa shape index (κ2) is 12.6. The van der Waals surface area contributed by atoms with Crippen molar-refractivity contribution in [3.8, 4) is 17.2 Å². The van der Waals surface area contributed by atoms with E-state index in [1.54, 1.807) is 19.3 Å². The molecule has 0 spiro atoms. The van der Waals surface area contributed by atoms with E-state index in [1.165, 1.54) is 48.8 Å². The standard InChI is InChI=1S/C26H29NO6S2/c1-3-4-5-6-7-8-13-33-21-12-9-17(14-22(21)32-2)15-23-24(29)27(26(34)35-23)18-10-11-19(25(30)31)20(28)16-18/h9-12,14-16,28H,3-8,13H2,1-2H3,(H,30,31). The minimum Gasteiger partial charge on any atom is -0.507 e. The number of hydrogen-bond donors (Lipinski definition) is 2. The Kier molecular flexibility index (Phi) is 9.56. The van der Waals surface area contributed by atoms with Gasteiger partial charge in [-0.15, -0.1) is 0 Å². The van der Waals surface area contributed by atoms with E-state index in [9.17, 15) is 14.7 Å². The monoisotopic (exact) mass is 515 g/mol. The lowest BCUT2D eigenvalue weighted by molar-refractivity contribution is -0.113. The smallest absolute Gasteiger partial charge is 0.339 e. The van der Waals surface area contributed by atoms with Crippen molar-refractivity contribution in [2.45, 2.75) is 45.4 Å². The molecule has 0 aromatic heterocycles. The predicted octanol–water partition coefficient (Wildman–Crippen LogP) is 6.24. The Balaban J connectivity index is 1.69. The summed E-state index contributed by atoms with van der Waals surface area (Å²) in [6, 6.07) is 9.37. The van der Waals surface area contributed by atoms with Crippen molar-refractivity contribution in [3.05, 3.63) is 52.4 Å². The van der Waals surface area contributed by atoms with Crippen LogP contribution in [0.15, 0.2) is 41.3 Å². The van der Waals surface area contributed by atoms with Crippen molar-refractivity contribution < 1.29 is 29.3 Å². The molecule has 3 rings (SSSR count). The third-order valence-corrected chi connectivity index (χ3v) is 6.81. The molecular weight excluding hydrogens is 486 g/mol. The fourth-order valence-electron chi connectivity index (χ4n) is 3.64. The van der Waals surface area contributed by atoms with Crippen molar-refractivity contribution in [2.75, 3.05) is 18.6 Å². The zero-order chi connectivity index (χ0) is 25.4. The summed E-state index contributed by atoms with van der Waals surface area (Å²) < 4.78 is 11.7. The van der Waals surface area contributed by atoms with Gasteiger partial charge < -0.3 is 19.7 Å². The first kappa shape index (κ1) is 26.6. The highest BCUT2D eigenvalue weighted by atomic mass is 32.2. The van der Waals surface area contributed by atoms with Gasteiger partial charge in [0.05, 0.1) is 24.3 Å². The van der Waals surface area contributed by atoms with E-state index in [2.05, 4.69) is 6.92 Å². The summed E-state index contributed by atoms with van der Waals surface area (Å²) in [4.78, 5) is 25.8. The van der Waals surface area contributed by atoms with Crippen LogP contribution in [-0.2, 0) is 4.79 Å². The molecule has 186 valence electrons. The second-order valence-corrected chi connectivity index (χ2v) is 9.73. The molecule has 0 aliphatic carbocycles. The zero-order valence-corrected chi connectivity index (χ0v) is 21.4. The maximum Gasteiger partial charge on any atom is 0.339 e. The van der Waals surface area contributed by atoms with Gasteiger partial charge in [0.1, 0.15) is 11.3 Å². The molecular formula is C26H29NO6S2. The van der Waals surface area contributed by atoms with Gasteiger partial charge in [-0.05, 0) is 42.3 Å². The Morgan fingerprint density at radius 2 is 1.83 bits per heavy atom. The Morgan fingerprint density at radius 1 is 1.09 bits per heavy atom. The SMILES string of the molecule is CCCCCCCCOc1ccc(C=C2SC(=S)N(c3ccc(C(=O)O)c(O)c3)C2=O)cc1OC. The van der Waals surface area contributed by atoms with Crippen molar-refractivity contribution in [3.63, 3.8) is 0 Å². The van der Waals surface area contributed by atoms with Crippen molar-refractivity contribution in [1.29, 1.82) is 0 Å². The molecule has 2 N–H and O–H groups in total. The summed E-state index contributed by atoms with van der Waals surface area (Å²) >= 11 is 6.50. The molecule has 1 heterocycles. The van der Waals surface area contributed by atoms with Gasteiger partial charge in [0.2, 0.25) is 0 Å². The average Bonchev–Trinajstić information content (AvgIpc) is 3.11. The topological polar surface area (TPSA) is 96.3 Å². The van der Waals surface area contributed by atoms with Gasteiger partial charge in [-0.3, -0.25) is 9.69 Å². The van der Waals surface area contributed by atoms with E-state index in [4.69, 9.17) is 26.8 Å². The number of rotatable bonds is 12. The van der Waals surface area contributed by atoms with Gasteiger partial charge in [-0.1, -0.05) is 69.1 Å². The number of thioether (sulfide) groups is 1. The number of methoxy groups -OCH3 is 1. The second-order valence-electron chi connectivity index (χ2n) is 8.05. The van der Waals surface area contributed by atoms with Gasteiger partial charge in [0.15, 0.2) is 15.8 Å². The lowest BCUT2D eigenvalue weighted by Gasteiger charge is -2.15. The number of carbonyl (C=O) groups excluding carboxylic acids is 1. The Bertz CT molecular complexity index is 1130. The van der Waals surface area contributed by atoms with Gasteiger partial charge in [-0.2, -0.15) is 0 Å². The molecule has 0 radical (unpaired) electrons.